The highest BCUT2D eigenvalue weighted by atomic mass is 19.3. The molecule has 1 aliphatic heterocycles. The minimum Gasteiger partial charge on any atom is -0.485 e. The molecule has 1 heterocycles. The average Bonchev–Trinajstić information content (AvgIpc) is 2.90. The highest BCUT2D eigenvalue weighted by molar-refractivity contribution is 5.44. The van der Waals surface area contributed by atoms with E-state index in [0.717, 1.165) is 11.1 Å². The van der Waals surface area contributed by atoms with Gasteiger partial charge in [0.15, 0.2) is 0 Å². The monoisotopic (exact) mass is 271 g/mol. The molecule has 0 N–H and O–H groups in total. The van der Waals surface area contributed by atoms with Crippen molar-refractivity contribution in [1.82, 2.24) is 0 Å². The minimum atomic E-state index is -2.47. The van der Waals surface area contributed by atoms with Crippen molar-refractivity contribution in [3.63, 3.8) is 0 Å². The number of hydrogen-bond acceptors (Lipinski definition) is 2. The Morgan fingerprint density at radius 1 is 1.20 bits per heavy atom. The molecule has 100 valence electrons. The third-order valence-corrected chi connectivity index (χ3v) is 3.40. The number of alkyl halides is 2. The summed E-state index contributed by atoms with van der Waals surface area (Å²) in [5, 5.41) is 8.90. The molecule has 0 radical (unpaired) electrons. The van der Waals surface area contributed by atoms with E-state index in [2.05, 4.69) is 6.07 Å². The Labute approximate surface area is 115 Å². The molecule has 0 saturated carbocycles. The lowest BCUT2D eigenvalue weighted by molar-refractivity contribution is 0.151. The standard InChI is InChI=1S/C16H11F2NO/c17-16(18)12-4-5-14-13(7-12)8-15(20-14)11-3-1-2-10(6-11)9-19/h1-7,15-16H,8H2. The van der Waals surface area contributed by atoms with E-state index in [1.807, 2.05) is 6.07 Å². The van der Waals surface area contributed by atoms with Crippen LogP contribution in [0.1, 0.15) is 34.8 Å². The van der Waals surface area contributed by atoms with Crippen LogP contribution in [0.3, 0.4) is 0 Å². The van der Waals surface area contributed by atoms with E-state index in [4.69, 9.17) is 10.00 Å². The Morgan fingerprint density at radius 2 is 2.05 bits per heavy atom. The fourth-order valence-electron chi connectivity index (χ4n) is 2.40. The molecule has 20 heavy (non-hydrogen) atoms. The third-order valence-electron chi connectivity index (χ3n) is 3.40. The molecule has 1 unspecified atom stereocenters. The first-order valence-corrected chi connectivity index (χ1v) is 6.25. The second-order valence-corrected chi connectivity index (χ2v) is 4.72. The highest BCUT2D eigenvalue weighted by Crippen LogP contribution is 2.38. The van der Waals surface area contributed by atoms with Gasteiger partial charge in [-0.3, -0.25) is 0 Å². The summed E-state index contributed by atoms with van der Waals surface area (Å²) < 4.78 is 31.1. The molecule has 3 rings (SSSR count). The van der Waals surface area contributed by atoms with Crippen molar-refractivity contribution in [2.24, 2.45) is 0 Å². The normalized spacial score (nSPS) is 16.6. The largest absolute Gasteiger partial charge is 0.485 e. The van der Waals surface area contributed by atoms with Crippen molar-refractivity contribution >= 4 is 0 Å². The molecule has 0 saturated heterocycles. The molecule has 2 aromatic rings. The molecule has 0 aromatic heterocycles. The molecule has 1 atom stereocenters. The molecule has 2 nitrogen and oxygen atoms in total. The van der Waals surface area contributed by atoms with E-state index < -0.39 is 6.43 Å². The smallest absolute Gasteiger partial charge is 0.263 e. The summed E-state index contributed by atoms with van der Waals surface area (Å²) in [5.41, 5.74) is 2.25. The number of nitriles is 1. The van der Waals surface area contributed by atoms with Crippen LogP contribution in [0.4, 0.5) is 8.78 Å². The summed E-state index contributed by atoms with van der Waals surface area (Å²) in [6.07, 6.45) is -2.14. The summed E-state index contributed by atoms with van der Waals surface area (Å²) in [4.78, 5) is 0. The maximum atomic E-state index is 12.7. The SMILES string of the molecule is N#Cc1cccc(C2Cc3cc(C(F)F)ccc3O2)c1. The van der Waals surface area contributed by atoms with Gasteiger partial charge < -0.3 is 4.74 Å². The van der Waals surface area contributed by atoms with Crippen LogP contribution in [-0.2, 0) is 6.42 Å². The lowest BCUT2D eigenvalue weighted by Gasteiger charge is -2.10. The van der Waals surface area contributed by atoms with Crippen LogP contribution in [0.5, 0.6) is 5.75 Å². The van der Waals surface area contributed by atoms with Gasteiger partial charge in [-0.1, -0.05) is 12.1 Å². The zero-order valence-electron chi connectivity index (χ0n) is 10.5. The van der Waals surface area contributed by atoms with Gasteiger partial charge in [-0.15, -0.1) is 0 Å². The first-order chi connectivity index (χ1) is 9.67. The molecule has 2 aromatic carbocycles. The number of halogens is 2. The molecular weight excluding hydrogens is 260 g/mol. The number of nitrogens with zero attached hydrogens (tertiary/aromatic N) is 1. The summed E-state index contributed by atoms with van der Waals surface area (Å²) >= 11 is 0. The van der Waals surface area contributed by atoms with Gasteiger partial charge in [0.05, 0.1) is 11.6 Å². The Balaban J connectivity index is 1.88. The van der Waals surface area contributed by atoms with Crippen LogP contribution in [0.25, 0.3) is 0 Å². The van der Waals surface area contributed by atoms with Crippen LogP contribution >= 0.6 is 0 Å². The Morgan fingerprint density at radius 3 is 2.80 bits per heavy atom. The number of benzene rings is 2. The molecule has 0 amide bonds. The number of rotatable bonds is 2. The third kappa shape index (κ3) is 2.23. The summed E-state index contributed by atoms with van der Waals surface area (Å²) in [7, 11) is 0. The van der Waals surface area contributed by atoms with Crippen molar-refractivity contribution in [3.8, 4) is 11.8 Å². The maximum Gasteiger partial charge on any atom is 0.263 e. The Kier molecular flexibility index (Phi) is 3.11. The van der Waals surface area contributed by atoms with Crippen LogP contribution in [0.2, 0.25) is 0 Å². The van der Waals surface area contributed by atoms with Gasteiger partial charge in [0, 0.05) is 12.0 Å². The molecule has 0 spiro atoms. The average molecular weight is 271 g/mol. The van der Waals surface area contributed by atoms with Gasteiger partial charge >= 0.3 is 0 Å². The molecule has 0 bridgehead atoms. The summed E-state index contributed by atoms with van der Waals surface area (Å²) in [5.74, 6) is 0.641. The molecule has 0 aliphatic carbocycles. The minimum absolute atomic E-state index is 0.0128. The first kappa shape index (κ1) is 12.6. The van der Waals surface area contributed by atoms with E-state index in [1.165, 1.54) is 12.1 Å². The van der Waals surface area contributed by atoms with Crippen molar-refractivity contribution < 1.29 is 13.5 Å². The second-order valence-electron chi connectivity index (χ2n) is 4.72. The van der Waals surface area contributed by atoms with E-state index in [9.17, 15) is 8.78 Å². The summed E-state index contributed by atoms with van der Waals surface area (Å²) in [6.45, 7) is 0. The van der Waals surface area contributed by atoms with Gasteiger partial charge in [-0.25, -0.2) is 8.78 Å². The Bertz CT molecular complexity index is 691. The van der Waals surface area contributed by atoms with E-state index in [1.54, 1.807) is 24.3 Å². The number of fused-ring (bicyclic) bond motifs is 1. The zero-order valence-corrected chi connectivity index (χ0v) is 10.5. The van der Waals surface area contributed by atoms with Crippen molar-refractivity contribution in [1.29, 1.82) is 5.26 Å². The second kappa shape index (κ2) is 4.93. The molecular formula is C16H11F2NO. The lowest BCUT2D eigenvalue weighted by atomic mass is 10.0. The predicted octanol–water partition coefficient (Wildman–Crippen LogP) is 4.17. The maximum absolute atomic E-state index is 12.7. The van der Waals surface area contributed by atoms with Gasteiger partial charge in [-0.2, -0.15) is 5.26 Å². The highest BCUT2D eigenvalue weighted by Gasteiger charge is 2.25. The van der Waals surface area contributed by atoms with Gasteiger partial charge in [-0.05, 0) is 41.5 Å². The predicted molar refractivity (Wildman–Crippen MR) is 69.6 cm³/mol. The van der Waals surface area contributed by atoms with Gasteiger partial charge in [0.1, 0.15) is 11.9 Å². The van der Waals surface area contributed by atoms with Crippen LogP contribution in [-0.4, -0.2) is 0 Å². The fraction of sp³-hybridized carbons (Fsp3) is 0.188. The fourth-order valence-corrected chi connectivity index (χ4v) is 2.40. The lowest BCUT2D eigenvalue weighted by Crippen LogP contribution is -2.03. The van der Waals surface area contributed by atoms with Crippen molar-refractivity contribution in [2.45, 2.75) is 19.0 Å². The summed E-state index contributed by atoms with van der Waals surface area (Å²) in [6, 6.07) is 13.7. The van der Waals surface area contributed by atoms with Crippen LogP contribution in [0, 0.1) is 11.3 Å². The quantitative estimate of drug-likeness (QED) is 0.821. The number of ether oxygens (including phenoxy) is 1. The van der Waals surface area contributed by atoms with E-state index in [0.29, 0.717) is 17.7 Å². The first-order valence-electron chi connectivity index (χ1n) is 6.25. The topological polar surface area (TPSA) is 33.0 Å². The Hall–Kier alpha value is -2.41. The van der Waals surface area contributed by atoms with E-state index in [-0.39, 0.29) is 11.7 Å². The van der Waals surface area contributed by atoms with Crippen LogP contribution in [0.15, 0.2) is 42.5 Å². The van der Waals surface area contributed by atoms with Gasteiger partial charge in [0.2, 0.25) is 0 Å². The van der Waals surface area contributed by atoms with E-state index >= 15 is 0 Å². The van der Waals surface area contributed by atoms with Crippen molar-refractivity contribution in [2.75, 3.05) is 0 Å². The van der Waals surface area contributed by atoms with Gasteiger partial charge in [0.25, 0.3) is 6.43 Å². The molecule has 0 fully saturated rings. The van der Waals surface area contributed by atoms with Crippen LogP contribution < -0.4 is 4.74 Å². The molecule has 1 aliphatic rings. The van der Waals surface area contributed by atoms with Crippen molar-refractivity contribution in [3.05, 3.63) is 64.7 Å². The number of hydrogen-bond donors (Lipinski definition) is 0. The zero-order chi connectivity index (χ0) is 14.1. The molecule has 4 heteroatoms.